The molecule has 0 aliphatic heterocycles. The molecule has 0 saturated carbocycles. The molecule has 0 unspecified atom stereocenters. The van der Waals surface area contributed by atoms with Gasteiger partial charge in [0.05, 0.1) is 7.11 Å². The summed E-state index contributed by atoms with van der Waals surface area (Å²) in [6.07, 6.45) is 0.751. The van der Waals surface area contributed by atoms with Crippen LogP contribution >= 0.6 is 11.6 Å². The van der Waals surface area contributed by atoms with Crippen LogP contribution in [0.2, 0.25) is 5.02 Å². The number of nitrogens with zero attached hydrogens (tertiary/aromatic N) is 1. The predicted molar refractivity (Wildman–Crippen MR) is 95.8 cm³/mol. The smallest absolute Gasteiger partial charge is 0.323 e. The molecule has 0 spiro atoms. The Morgan fingerprint density at radius 2 is 1.84 bits per heavy atom. The first-order valence-electron chi connectivity index (χ1n) is 7.85. The highest BCUT2D eigenvalue weighted by Crippen LogP contribution is 2.16. The summed E-state index contributed by atoms with van der Waals surface area (Å²) >= 11 is 5.85. The van der Waals surface area contributed by atoms with Crippen LogP contribution in [0.4, 0.5) is 0 Å². The van der Waals surface area contributed by atoms with Crippen LogP contribution in [0.5, 0.6) is 5.75 Å². The highest BCUT2D eigenvalue weighted by Gasteiger charge is 2.17. The van der Waals surface area contributed by atoms with Crippen LogP contribution in [0.15, 0.2) is 48.5 Å². The Morgan fingerprint density at radius 1 is 1.12 bits per heavy atom. The lowest BCUT2D eigenvalue weighted by Crippen LogP contribution is -2.35. The maximum absolute atomic E-state index is 12.5. The fraction of sp³-hybridized carbons (Fsp3) is 0.263. The van der Waals surface area contributed by atoms with Gasteiger partial charge in [-0.25, -0.2) is 0 Å². The molecule has 0 atom stereocenters. The molecule has 0 radical (unpaired) electrons. The summed E-state index contributed by atoms with van der Waals surface area (Å²) in [5, 5.41) is 9.67. The van der Waals surface area contributed by atoms with E-state index in [-0.39, 0.29) is 25.4 Å². The van der Waals surface area contributed by atoms with E-state index in [4.69, 9.17) is 21.4 Å². The number of carboxylic acids is 1. The van der Waals surface area contributed by atoms with E-state index < -0.39 is 5.97 Å². The molecule has 0 fully saturated rings. The third kappa shape index (κ3) is 6.12. The minimum atomic E-state index is -1.04. The molecule has 0 aromatic heterocycles. The zero-order valence-electron chi connectivity index (χ0n) is 13.9. The molecular weight excluding hydrogens is 342 g/mol. The molecule has 0 bridgehead atoms. The number of carbonyl (C=O) groups is 2. The Hall–Kier alpha value is -2.53. The van der Waals surface area contributed by atoms with Gasteiger partial charge in [-0.1, -0.05) is 35.9 Å². The van der Waals surface area contributed by atoms with Crippen LogP contribution in [0.1, 0.15) is 17.5 Å². The van der Waals surface area contributed by atoms with Gasteiger partial charge < -0.3 is 14.7 Å². The molecule has 0 saturated heterocycles. The summed E-state index contributed by atoms with van der Waals surface area (Å²) in [4.78, 5) is 24.9. The number of halogens is 1. The fourth-order valence-electron chi connectivity index (χ4n) is 2.44. The SMILES string of the molecule is COc1cccc(CCC(=O)N(CC(=O)O)Cc2ccc(Cl)cc2)c1. The van der Waals surface area contributed by atoms with Crippen molar-refractivity contribution >= 4 is 23.5 Å². The second-order valence-corrected chi connectivity index (χ2v) is 6.06. The van der Waals surface area contributed by atoms with E-state index in [1.165, 1.54) is 4.90 Å². The van der Waals surface area contributed by atoms with Gasteiger partial charge in [-0.3, -0.25) is 9.59 Å². The van der Waals surface area contributed by atoms with E-state index in [9.17, 15) is 9.59 Å². The monoisotopic (exact) mass is 361 g/mol. The van der Waals surface area contributed by atoms with Crippen molar-refractivity contribution in [2.45, 2.75) is 19.4 Å². The molecule has 2 aromatic rings. The van der Waals surface area contributed by atoms with Crippen molar-refractivity contribution in [1.82, 2.24) is 4.90 Å². The van der Waals surface area contributed by atoms with Gasteiger partial charge in [0.15, 0.2) is 0 Å². The lowest BCUT2D eigenvalue weighted by Gasteiger charge is -2.21. The summed E-state index contributed by atoms with van der Waals surface area (Å²) in [5.41, 5.74) is 1.80. The Morgan fingerprint density at radius 3 is 2.48 bits per heavy atom. The number of aryl methyl sites for hydroxylation is 1. The van der Waals surface area contributed by atoms with Crippen molar-refractivity contribution < 1.29 is 19.4 Å². The van der Waals surface area contributed by atoms with Crippen molar-refractivity contribution in [2.24, 2.45) is 0 Å². The number of rotatable bonds is 8. The van der Waals surface area contributed by atoms with Crippen LogP contribution in [0.3, 0.4) is 0 Å². The average molecular weight is 362 g/mol. The molecule has 25 heavy (non-hydrogen) atoms. The summed E-state index contributed by atoms with van der Waals surface area (Å²) in [7, 11) is 1.59. The number of ether oxygens (including phenoxy) is 1. The normalized spacial score (nSPS) is 10.3. The van der Waals surface area contributed by atoms with E-state index >= 15 is 0 Å². The Labute approximate surface area is 151 Å². The van der Waals surface area contributed by atoms with Gasteiger partial charge in [0.2, 0.25) is 5.91 Å². The van der Waals surface area contributed by atoms with Gasteiger partial charge in [0.25, 0.3) is 0 Å². The van der Waals surface area contributed by atoms with Crippen molar-refractivity contribution in [3.8, 4) is 5.75 Å². The van der Waals surface area contributed by atoms with Crippen LogP contribution in [-0.4, -0.2) is 35.5 Å². The summed E-state index contributed by atoms with van der Waals surface area (Å²) in [5.74, 6) is -0.516. The molecule has 0 aliphatic rings. The maximum atomic E-state index is 12.5. The van der Waals surface area contributed by atoms with Gasteiger partial charge in [0.1, 0.15) is 12.3 Å². The first-order chi connectivity index (χ1) is 12.0. The highest BCUT2D eigenvalue weighted by atomic mass is 35.5. The van der Waals surface area contributed by atoms with E-state index in [1.54, 1.807) is 31.4 Å². The molecule has 1 amide bonds. The van der Waals surface area contributed by atoms with Gasteiger partial charge in [0, 0.05) is 18.0 Å². The quantitative estimate of drug-likeness (QED) is 0.782. The number of carboxylic acid groups (broad SMARTS) is 1. The van der Waals surface area contributed by atoms with Crippen molar-refractivity contribution in [2.75, 3.05) is 13.7 Å². The Bertz CT molecular complexity index is 730. The summed E-state index contributed by atoms with van der Waals surface area (Å²) in [6.45, 7) is -0.0972. The Balaban J connectivity index is 2.01. The van der Waals surface area contributed by atoms with Crippen LogP contribution in [-0.2, 0) is 22.6 Å². The minimum absolute atomic E-state index is 0.208. The van der Waals surface area contributed by atoms with E-state index in [0.29, 0.717) is 11.4 Å². The number of hydrogen-bond acceptors (Lipinski definition) is 3. The maximum Gasteiger partial charge on any atom is 0.323 e. The highest BCUT2D eigenvalue weighted by molar-refractivity contribution is 6.30. The lowest BCUT2D eigenvalue weighted by atomic mass is 10.1. The third-order valence-corrected chi connectivity index (χ3v) is 3.98. The van der Waals surface area contributed by atoms with Crippen LogP contribution in [0, 0.1) is 0 Å². The number of amides is 1. The number of hydrogen-bond donors (Lipinski definition) is 1. The predicted octanol–water partition coefficient (Wildman–Crippen LogP) is 3.39. The number of aliphatic carboxylic acids is 1. The summed E-state index contributed by atoms with van der Waals surface area (Å²) in [6, 6.07) is 14.5. The van der Waals surface area contributed by atoms with Crippen molar-refractivity contribution in [3.63, 3.8) is 0 Å². The number of benzene rings is 2. The lowest BCUT2D eigenvalue weighted by molar-refractivity contribution is -0.144. The second kappa shape index (κ2) is 9.08. The average Bonchev–Trinajstić information content (AvgIpc) is 2.60. The number of methoxy groups -OCH3 is 1. The molecule has 2 rings (SSSR count). The summed E-state index contributed by atoms with van der Waals surface area (Å²) < 4.78 is 5.17. The first kappa shape index (κ1) is 18.8. The van der Waals surface area contributed by atoms with Crippen LogP contribution < -0.4 is 4.74 Å². The molecule has 6 heteroatoms. The van der Waals surface area contributed by atoms with E-state index in [0.717, 1.165) is 16.9 Å². The zero-order chi connectivity index (χ0) is 18.2. The Kier molecular flexibility index (Phi) is 6.83. The van der Waals surface area contributed by atoms with E-state index in [1.807, 2.05) is 24.3 Å². The van der Waals surface area contributed by atoms with Gasteiger partial charge in [-0.05, 0) is 41.8 Å². The molecular formula is C19H20ClNO4. The molecule has 5 nitrogen and oxygen atoms in total. The third-order valence-electron chi connectivity index (χ3n) is 3.73. The van der Waals surface area contributed by atoms with Gasteiger partial charge in [-0.15, -0.1) is 0 Å². The van der Waals surface area contributed by atoms with Crippen LogP contribution in [0.25, 0.3) is 0 Å². The molecule has 0 heterocycles. The first-order valence-corrected chi connectivity index (χ1v) is 8.22. The fourth-order valence-corrected chi connectivity index (χ4v) is 2.57. The topological polar surface area (TPSA) is 66.8 Å². The molecule has 0 aliphatic carbocycles. The van der Waals surface area contributed by atoms with Crippen molar-refractivity contribution in [1.29, 1.82) is 0 Å². The van der Waals surface area contributed by atoms with Gasteiger partial charge >= 0.3 is 5.97 Å². The van der Waals surface area contributed by atoms with Gasteiger partial charge in [-0.2, -0.15) is 0 Å². The number of carbonyl (C=O) groups excluding carboxylic acids is 1. The molecule has 2 aromatic carbocycles. The zero-order valence-corrected chi connectivity index (χ0v) is 14.7. The standard InChI is InChI=1S/C19H20ClNO4/c1-25-17-4-2-3-14(11-17)7-10-18(22)21(13-19(23)24)12-15-5-8-16(20)9-6-15/h2-6,8-9,11H,7,10,12-13H2,1H3,(H,23,24). The largest absolute Gasteiger partial charge is 0.497 e. The second-order valence-electron chi connectivity index (χ2n) is 5.62. The van der Waals surface area contributed by atoms with Crippen molar-refractivity contribution in [3.05, 3.63) is 64.7 Å². The molecule has 132 valence electrons. The minimum Gasteiger partial charge on any atom is -0.497 e. The van der Waals surface area contributed by atoms with E-state index in [2.05, 4.69) is 0 Å². The molecule has 1 N–H and O–H groups in total.